The Bertz CT molecular complexity index is 395. The molecule has 2 N–H and O–H groups in total. The number of nitrogen functional groups attached to an aromatic ring is 1. The molecule has 1 atom stereocenters. The average Bonchev–Trinajstić information content (AvgIpc) is 2.73. The number of rotatable bonds is 3. The molecule has 1 fully saturated rings. The molecular weight excluding hydrogens is 236 g/mol. The van der Waals surface area contributed by atoms with Crippen molar-refractivity contribution in [1.82, 2.24) is 4.90 Å². The van der Waals surface area contributed by atoms with Gasteiger partial charge in [-0.25, -0.2) is 0 Å². The fourth-order valence-corrected chi connectivity index (χ4v) is 2.28. The van der Waals surface area contributed by atoms with Crippen molar-refractivity contribution in [2.45, 2.75) is 32.4 Å². The lowest BCUT2D eigenvalue weighted by atomic mass is 10.2. The van der Waals surface area contributed by atoms with Crippen molar-refractivity contribution in [3.05, 3.63) is 23.2 Å². The largest absolute Gasteiger partial charge is 0.487 e. The van der Waals surface area contributed by atoms with E-state index in [1.807, 2.05) is 12.1 Å². The van der Waals surface area contributed by atoms with Gasteiger partial charge in [-0.2, -0.15) is 0 Å². The lowest BCUT2D eigenvalue weighted by Gasteiger charge is -2.20. The van der Waals surface area contributed by atoms with Gasteiger partial charge in [0.1, 0.15) is 11.9 Å². The Morgan fingerprint density at radius 3 is 2.88 bits per heavy atom. The van der Waals surface area contributed by atoms with Crippen LogP contribution >= 0.6 is 11.6 Å². The summed E-state index contributed by atoms with van der Waals surface area (Å²) in [5.41, 5.74) is 6.42. The van der Waals surface area contributed by atoms with Crippen LogP contribution in [0.4, 0.5) is 5.69 Å². The molecule has 0 spiro atoms. The molecule has 2 rings (SSSR count). The van der Waals surface area contributed by atoms with E-state index < -0.39 is 0 Å². The lowest BCUT2D eigenvalue weighted by Crippen LogP contribution is -2.30. The number of para-hydroxylation sites is 1. The number of hydrogen-bond acceptors (Lipinski definition) is 3. The molecule has 0 radical (unpaired) electrons. The van der Waals surface area contributed by atoms with Gasteiger partial charge in [0.25, 0.3) is 0 Å². The third-order valence-corrected chi connectivity index (χ3v) is 3.54. The van der Waals surface area contributed by atoms with E-state index in [1.54, 1.807) is 6.07 Å². The molecule has 0 aliphatic carbocycles. The minimum absolute atomic E-state index is 0.221. The van der Waals surface area contributed by atoms with Crippen LogP contribution in [0, 0.1) is 0 Å². The van der Waals surface area contributed by atoms with E-state index >= 15 is 0 Å². The minimum Gasteiger partial charge on any atom is -0.487 e. The Morgan fingerprint density at radius 1 is 1.47 bits per heavy atom. The van der Waals surface area contributed by atoms with Gasteiger partial charge in [0.05, 0.1) is 10.7 Å². The zero-order chi connectivity index (χ0) is 12.4. The van der Waals surface area contributed by atoms with Crippen molar-refractivity contribution in [2.24, 2.45) is 0 Å². The van der Waals surface area contributed by atoms with Gasteiger partial charge in [-0.05, 0) is 32.4 Å². The Hall–Kier alpha value is -0.930. The van der Waals surface area contributed by atoms with Gasteiger partial charge < -0.3 is 10.5 Å². The molecule has 1 aromatic carbocycles. The van der Waals surface area contributed by atoms with Gasteiger partial charge >= 0.3 is 0 Å². The second-order valence-corrected chi connectivity index (χ2v) is 5.18. The highest BCUT2D eigenvalue weighted by atomic mass is 35.5. The molecule has 1 saturated heterocycles. The second-order valence-electron chi connectivity index (χ2n) is 4.77. The third-order valence-electron chi connectivity index (χ3n) is 3.21. The summed E-state index contributed by atoms with van der Waals surface area (Å²) in [5, 5.41) is 0.557. The summed E-state index contributed by atoms with van der Waals surface area (Å²) < 4.78 is 5.92. The van der Waals surface area contributed by atoms with Crippen LogP contribution in [0.3, 0.4) is 0 Å². The summed E-state index contributed by atoms with van der Waals surface area (Å²) in [6, 6.07) is 6.08. The fourth-order valence-electron chi connectivity index (χ4n) is 2.12. The maximum absolute atomic E-state index is 5.96. The van der Waals surface area contributed by atoms with Crippen molar-refractivity contribution >= 4 is 17.3 Å². The Morgan fingerprint density at radius 2 is 2.24 bits per heavy atom. The number of benzene rings is 1. The Kier molecular flexibility index (Phi) is 3.79. The number of nitrogens with zero attached hydrogens (tertiary/aromatic N) is 1. The predicted octanol–water partition coefficient (Wildman–Crippen LogP) is 2.78. The summed E-state index contributed by atoms with van der Waals surface area (Å²) in [4.78, 5) is 2.41. The molecular formula is C13H19ClN2O. The monoisotopic (exact) mass is 254 g/mol. The second kappa shape index (κ2) is 5.15. The van der Waals surface area contributed by atoms with Crippen molar-refractivity contribution in [2.75, 3.05) is 18.8 Å². The topological polar surface area (TPSA) is 38.5 Å². The van der Waals surface area contributed by atoms with E-state index in [2.05, 4.69) is 18.7 Å². The summed E-state index contributed by atoms with van der Waals surface area (Å²) in [7, 11) is 0. The van der Waals surface area contributed by atoms with Crippen LogP contribution in [-0.4, -0.2) is 30.1 Å². The van der Waals surface area contributed by atoms with E-state index in [0.29, 0.717) is 22.5 Å². The molecule has 1 aliphatic rings. The van der Waals surface area contributed by atoms with Crippen LogP contribution in [0.15, 0.2) is 18.2 Å². The fraction of sp³-hybridized carbons (Fsp3) is 0.538. The first kappa shape index (κ1) is 12.5. The van der Waals surface area contributed by atoms with Gasteiger partial charge in [0.2, 0.25) is 0 Å². The van der Waals surface area contributed by atoms with Gasteiger partial charge in [0.15, 0.2) is 0 Å². The third kappa shape index (κ3) is 2.85. The highest BCUT2D eigenvalue weighted by molar-refractivity contribution is 6.33. The first-order chi connectivity index (χ1) is 8.08. The molecule has 4 heteroatoms. The van der Waals surface area contributed by atoms with Gasteiger partial charge in [0, 0.05) is 19.1 Å². The lowest BCUT2D eigenvalue weighted by molar-refractivity contribution is 0.188. The van der Waals surface area contributed by atoms with Crippen LogP contribution in [0.1, 0.15) is 20.3 Å². The van der Waals surface area contributed by atoms with E-state index in [0.717, 1.165) is 19.5 Å². The molecule has 17 heavy (non-hydrogen) atoms. The maximum atomic E-state index is 5.96. The molecule has 1 heterocycles. The quantitative estimate of drug-likeness (QED) is 0.843. The average molecular weight is 255 g/mol. The summed E-state index contributed by atoms with van der Waals surface area (Å²) in [5.74, 6) is 0.702. The Balaban J connectivity index is 2.00. The number of likely N-dealkylation sites (tertiary alicyclic amines) is 1. The van der Waals surface area contributed by atoms with Crippen LogP contribution in [-0.2, 0) is 0 Å². The molecule has 0 unspecified atom stereocenters. The molecule has 94 valence electrons. The molecule has 0 bridgehead atoms. The van der Waals surface area contributed by atoms with Crippen LogP contribution < -0.4 is 10.5 Å². The number of hydrogen-bond donors (Lipinski definition) is 1. The number of ether oxygens (including phenoxy) is 1. The van der Waals surface area contributed by atoms with Crippen LogP contribution in [0.2, 0.25) is 5.02 Å². The predicted molar refractivity (Wildman–Crippen MR) is 71.6 cm³/mol. The van der Waals surface area contributed by atoms with E-state index in [9.17, 15) is 0 Å². The normalized spacial score (nSPS) is 21.1. The smallest absolute Gasteiger partial charge is 0.144 e. The zero-order valence-electron chi connectivity index (χ0n) is 10.3. The van der Waals surface area contributed by atoms with Crippen molar-refractivity contribution in [3.63, 3.8) is 0 Å². The van der Waals surface area contributed by atoms with Gasteiger partial charge in [-0.1, -0.05) is 17.7 Å². The summed E-state index contributed by atoms with van der Waals surface area (Å²) in [6.45, 7) is 6.46. The van der Waals surface area contributed by atoms with Crippen molar-refractivity contribution in [3.8, 4) is 5.75 Å². The molecule has 3 nitrogen and oxygen atoms in total. The van der Waals surface area contributed by atoms with E-state index in [1.165, 1.54) is 0 Å². The van der Waals surface area contributed by atoms with Gasteiger partial charge in [-0.15, -0.1) is 0 Å². The summed E-state index contributed by atoms with van der Waals surface area (Å²) in [6.07, 6.45) is 1.27. The number of anilines is 1. The van der Waals surface area contributed by atoms with Crippen LogP contribution in [0.5, 0.6) is 5.75 Å². The summed E-state index contributed by atoms with van der Waals surface area (Å²) >= 11 is 5.96. The minimum atomic E-state index is 0.221. The van der Waals surface area contributed by atoms with E-state index in [4.69, 9.17) is 22.1 Å². The van der Waals surface area contributed by atoms with Crippen molar-refractivity contribution < 1.29 is 4.74 Å². The molecule has 1 aromatic rings. The molecule has 0 saturated carbocycles. The van der Waals surface area contributed by atoms with Crippen molar-refractivity contribution in [1.29, 1.82) is 0 Å². The Labute approximate surface area is 107 Å². The first-order valence-electron chi connectivity index (χ1n) is 6.02. The van der Waals surface area contributed by atoms with E-state index in [-0.39, 0.29) is 6.10 Å². The molecule has 1 aliphatic heterocycles. The molecule has 0 amide bonds. The zero-order valence-corrected chi connectivity index (χ0v) is 11.1. The molecule has 0 aromatic heterocycles. The highest BCUT2D eigenvalue weighted by Gasteiger charge is 2.26. The highest BCUT2D eigenvalue weighted by Crippen LogP contribution is 2.31. The van der Waals surface area contributed by atoms with Gasteiger partial charge in [-0.3, -0.25) is 4.90 Å². The maximum Gasteiger partial charge on any atom is 0.144 e. The standard InChI is InChI=1S/C13H19ClN2O/c1-9(2)16-7-6-10(8-16)17-12-5-3-4-11(14)13(12)15/h3-5,9-10H,6-8,15H2,1-2H3/t10-/m1/s1. The SMILES string of the molecule is CC(C)N1CC[C@@H](Oc2cccc(Cl)c2N)C1. The first-order valence-corrected chi connectivity index (χ1v) is 6.40. The number of halogens is 1. The number of nitrogens with two attached hydrogens (primary N) is 1. The van der Waals surface area contributed by atoms with Crippen LogP contribution in [0.25, 0.3) is 0 Å².